The fourth-order valence-corrected chi connectivity index (χ4v) is 3.34. The Bertz CT molecular complexity index is 703. The monoisotopic (exact) mass is 393 g/mol. The SMILES string of the molecule is CN1c2cc(C(=O)N3CCOCC3)ccc2OC[C@H]1CC(=O)NC(CO)CO. The summed E-state index contributed by atoms with van der Waals surface area (Å²) < 4.78 is 11.1. The van der Waals surface area contributed by atoms with E-state index in [4.69, 9.17) is 19.7 Å². The maximum Gasteiger partial charge on any atom is 0.254 e. The first kappa shape index (κ1) is 20.4. The Morgan fingerprint density at radius 1 is 1.25 bits per heavy atom. The number of fused-ring (bicyclic) bond motifs is 1. The molecule has 2 amide bonds. The maximum atomic E-state index is 12.7. The largest absolute Gasteiger partial charge is 0.489 e. The third-order valence-corrected chi connectivity index (χ3v) is 5.09. The first-order valence-electron chi connectivity index (χ1n) is 9.41. The number of rotatable bonds is 6. The lowest BCUT2D eigenvalue weighted by Gasteiger charge is -2.36. The fourth-order valence-electron chi connectivity index (χ4n) is 3.34. The van der Waals surface area contributed by atoms with Gasteiger partial charge in [0, 0.05) is 25.7 Å². The first-order valence-corrected chi connectivity index (χ1v) is 9.41. The quantitative estimate of drug-likeness (QED) is 0.581. The lowest BCUT2D eigenvalue weighted by molar-refractivity contribution is -0.123. The van der Waals surface area contributed by atoms with Gasteiger partial charge in [0.05, 0.1) is 50.6 Å². The van der Waals surface area contributed by atoms with E-state index in [1.165, 1.54) is 0 Å². The third-order valence-electron chi connectivity index (χ3n) is 5.09. The molecule has 0 aromatic heterocycles. The molecule has 0 bridgehead atoms. The Labute approximate surface area is 163 Å². The molecule has 0 radical (unpaired) electrons. The number of anilines is 1. The number of nitrogens with one attached hydrogen (secondary N) is 1. The number of hydrogen-bond acceptors (Lipinski definition) is 7. The van der Waals surface area contributed by atoms with Gasteiger partial charge in [-0.05, 0) is 18.2 Å². The van der Waals surface area contributed by atoms with Crippen molar-refractivity contribution in [3.63, 3.8) is 0 Å². The van der Waals surface area contributed by atoms with Crippen molar-refractivity contribution in [2.75, 3.05) is 58.1 Å². The van der Waals surface area contributed by atoms with Crippen LogP contribution in [0.3, 0.4) is 0 Å². The van der Waals surface area contributed by atoms with Gasteiger partial charge in [0.2, 0.25) is 5.91 Å². The van der Waals surface area contributed by atoms with Crippen LogP contribution in [0.4, 0.5) is 5.69 Å². The molecule has 9 heteroatoms. The Balaban J connectivity index is 1.69. The van der Waals surface area contributed by atoms with Crippen molar-refractivity contribution in [3.8, 4) is 5.75 Å². The molecule has 2 heterocycles. The van der Waals surface area contributed by atoms with Crippen LogP contribution in [0.1, 0.15) is 16.8 Å². The highest BCUT2D eigenvalue weighted by Crippen LogP contribution is 2.34. The van der Waals surface area contributed by atoms with E-state index in [9.17, 15) is 9.59 Å². The summed E-state index contributed by atoms with van der Waals surface area (Å²) in [7, 11) is 1.86. The molecule has 154 valence electrons. The molecule has 0 aliphatic carbocycles. The summed E-state index contributed by atoms with van der Waals surface area (Å²) in [6.45, 7) is 1.91. The minimum atomic E-state index is -0.674. The molecule has 3 rings (SSSR count). The van der Waals surface area contributed by atoms with Gasteiger partial charge in [-0.1, -0.05) is 0 Å². The number of aliphatic hydroxyl groups is 2. The van der Waals surface area contributed by atoms with Crippen LogP contribution in [0.2, 0.25) is 0 Å². The topological polar surface area (TPSA) is 112 Å². The van der Waals surface area contributed by atoms with Crippen LogP contribution in [0.5, 0.6) is 5.75 Å². The predicted molar refractivity (Wildman–Crippen MR) is 102 cm³/mol. The van der Waals surface area contributed by atoms with Gasteiger partial charge in [0.1, 0.15) is 12.4 Å². The van der Waals surface area contributed by atoms with Crippen molar-refractivity contribution in [2.45, 2.75) is 18.5 Å². The molecule has 1 aromatic carbocycles. The number of hydrogen-bond donors (Lipinski definition) is 3. The number of likely N-dealkylation sites (N-methyl/N-ethyl adjacent to an activating group) is 1. The van der Waals surface area contributed by atoms with E-state index in [2.05, 4.69) is 5.32 Å². The molecule has 2 aliphatic rings. The van der Waals surface area contributed by atoms with Gasteiger partial charge in [0.25, 0.3) is 5.91 Å². The fraction of sp³-hybridized carbons (Fsp3) is 0.579. The maximum absolute atomic E-state index is 12.7. The molecular weight excluding hydrogens is 366 g/mol. The number of morpholine rings is 1. The Morgan fingerprint density at radius 3 is 2.64 bits per heavy atom. The van der Waals surface area contributed by atoms with Gasteiger partial charge in [0.15, 0.2) is 0 Å². The molecule has 2 aliphatic heterocycles. The van der Waals surface area contributed by atoms with Gasteiger partial charge in [-0.25, -0.2) is 0 Å². The highest BCUT2D eigenvalue weighted by Gasteiger charge is 2.29. The van der Waals surface area contributed by atoms with Gasteiger partial charge < -0.3 is 34.8 Å². The summed E-state index contributed by atoms with van der Waals surface area (Å²) in [5.41, 5.74) is 1.32. The van der Waals surface area contributed by atoms with Crippen molar-refractivity contribution in [2.24, 2.45) is 0 Å². The molecule has 1 aromatic rings. The Kier molecular flexibility index (Phi) is 6.71. The van der Waals surface area contributed by atoms with E-state index in [0.29, 0.717) is 44.2 Å². The number of nitrogens with zero attached hydrogens (tertiary/aromatic N) is 2. The summed E-state index contributed by atoms with van der Waals surface area (Å²) >= 11 is 0. The van der Waals surface area contributed by atoms with Crippen LogP contribution >= 0.6 is 0 Å². The molecule has 9 nitrogen and oxygen atoms in total. The third kappa shape index (κ3) is 4.54. The Hall–Kier alpha value is -2.36. The van der Waals surface area contributed by atoms with Crippen LogP contribution in [-0.4, -0.2) is 92.2 Å². The van der Waals surface area contributed by atoms with Gasteiger partial charge in [-0.15, -0.1) is 0 Å². The van der Waals surface area contributed by atoms with E-state index < -0.39 is 6.04 Å². The average Bonchev–Trinajstić information content (AvgIpc) is 2.74. The molecule has 28 heavy (non-hydrogen) atoms. The van der Waals surface area contributed by atoms with E-state index in [0.717, 1.165) is 5.69 Å². The van der Waals surface area contributed by atoms with E-state index in [-0.39, 0.29) is 37.5 Å². The van der Waals surface area contributed by atoms with Gasteiger partial charge >= 0.3 is 0 Å². The van der Waals surface area contributed by atoms with Crippen molar-refractivity contribution < 1.29 is 29.3 Å². The summed E-state index contributed by atoms with van der Waals surface area (Å²) in [5.74, 6) is 0.340. The summed E-state index contributed by atoms with van der Waals surface area (Å²) in [4.78, 5) is 28.6. The second-order valence-electron chi connectivity index (χ2n) is 7.00. The predicted octanol–water partition coefficient (Wildman–Crippen LogP) is -0.784. The van der Waals surface area contributed by atoms with Crippen LogP contribution in [0, 0.1) is 0 Å². The van der Waals surface area contributed by atoms with Crippen molar-refractivity contribution >= 4 is 17.5 Å². The van der Waals surface area contributed by atoms with Gasteiger partial charge in [-0.3, -0.25) is 9.59 Å². The molecule has 0 saturated carbocycles. The lowest BCUT2D eigenvalue weighted by atomic mass is 10.1. The number of benzene rings is 1. The lowest BCUT2D eigenvalue weighted by Crippen LogP contribution is -2.47. The van der Waals surface area contributed by atoms with Crippen molar-refractivity contribution in [3.05, 3.63) is 23.8 Å². The second-order valence-corrected chi connectivity index (χ2v) is 7.00. The number of aliphatic hydroxyl groups excluding tert-OH is 2. The van der Waals surface area contributed by atoms with Crippen LogP contribution in [-0.2, 0) is 9.53 Å². The van der Waals surface area contributed by atoms with Crippen molar-refractivity contribution in [1.29, 1.82) is 0 Å². The van der Waals surface area contributed by atoms with E-state index >= 15 is 0 Å². The highest BCUT2D eigenvalue weighted by atomic mass is 16.5. The van der Waals surface area contributed by atoms with E-state index in [1.54, 1.807) is 23.1 Å². The number of carbonyl (C=O) groups excluding carboxylic acids is 2. The zero-order valence-electron chi connectivity index (χ0n) is 16.0. The van der Waals surface area contributed by atoms with Crippen LogP contribution < -0.4 is 15.0 Å². The minimum Gasteiger partial charge on any atom is -0.489 e. The number of ether oxygens (including phenoxy) is 2. The van der Waals surface area contributed by atoms with Crippen LogP contribution in [0.15, 0.2) is 18.2 Å². The zero-order chi connectivity index (χ0) is 20.1. The standard InChI is InChI=1S/C19H27N3O6/c1-21-15(9-18(25)20-14(10-23)11-24)12-28-17-3-2-13(8-16(17)21)19(26)22-4-6-27-7-5-22/h2-3,8,14-15,23-24H,4-7,9-12H2,1H3,(H,20,25)/t15-/m1/s1. The molecular formula is C19H27N3O6. The van der Waals surface area contributed by atoms with Crippen molar-refractivity contribution in [1.82, 2.24) is 10.2 Å². The molecule has 0 unspecified atom stereocenters. The summed E-state index contributed by atoms with van der Waals surface area (Å²) in [6.07, 6.45) is 0.147. The number of amides is 2. The Morgan fingerprint density at radius 2 is 1.96 bits per heavy atom. The van der Waals surface area contributed by atoms with Crippen LogP contribution in [0.25, 0.3) is 0 Å². The smallest absolute Gasteiger partial charge is 0.254 e. The molecule has 1 fully saturated rings. The molecule has 1 saturated heterocycles. The first-order chi connectivity index (χ1) is 13.5. The summed E-state index contributed by atoms with van der Waals surface area (Å²) in [5, 5.41) is 20.8. The average molecular weight is 393 g/mol. The minimum absolute atomic E-state index is 0.0481. The normalized spacial score (nSPS) is 19.2. The highest BCUT2D eigenvalue weighted by molar-refractivity contribution is 5.96. The summed E-state index contributed by atoms with van der Waals surface area (Å²) in [6, 6.07) is 4.43. The number of carbonyl (C=O) groups is 2. The second kappa shape index (κ2) is 9.22. The molecule has 1 atom stereocenters. The van der Waals surface area contributed by atoms with E-state index in [1.807, 2.05) is 11.9 Å². The molecule has 0 spiro atoms. The molecule has 3 N–H and O–H groups in total. The van der Waals surface area contributed by atoms with Gasteiger partial charge in [-0.2, -0.15) is 0 Å². The zero-order valence-corrected chi connectivity index (χ0v) is 16.0.